The Labute approximate surface area is 159 Å². The molecule has 2 aromatic rings. The van der Waals surface area contributed by atoms with E-state index in [9.17, 15) is 9.59 Å². The van der Waals surface area contributed by atoms with Crippen LogP contribution in [-0.4, -0.2) is 35.4 Å². The van der Waals surface area contributed by atoms with Gasteiger partial charge >= 0.3 is 5.97 Å². The van der Waals surface area contributed by atoms with E-state index in [0.717, 1.165) is 11.4 Å². The number of ether oxygens (including phenoxy) is 1. The van der Waals surface area contributed by atoms with E-state index < -0.39 is 5.97 Å². The average molecular weight is 375 g/mol. The van der Waals surface area contributed by atoms with E-state index in [-0.39, 0.29) is 17.0 Å². The Morgan fingerprint density at radius 1 is 1.19 bits per heavy atom. The molecule has 1 aromatic carbocycles. The van der Waals surface area contributed by atoms with Gasteiger partial charge in [0.1, 0.15) is 5.01 Å². The van der Waals surface area contributed by atoms with E-state index in [1.54, 1.807) is 10.3 Å². The molecule has 1 amide bonds. The largest absolute Gasteiger partial charge is 0.464 e. The Morgan fingerprint density at radius 2 is 1.85 bits per heavy atom. The third-order valence-corrected chi connectivity index (χ3v) is 4.88. The van der Waals surface area contributed by atoms with Gasteiger partial charge in [0.2, 0.25) is 0 Å². The summed E-state index contributed by atoms with van der Waals surface area (Å²) in [5.41, 5.74) is 2.19. The zero-order valence-electron chi connectivity index (χ0n) is 16.0. The van der Waals surface area contributed by atoms with Gasteiger partial charge in [-0.05, 0) is 29.5 Å². The summed E-state index contributed by atoms with van der Waals surface area (Å²) in [6.45, 7) is 9.49. The first kappa shape index (κ1) is 20.1. The number of hydrogen-bond acceptors (Lipinski definition) is 5. The first-order valence-electron chi connectivity index (χ1n) is 8.68. The van der Waals surface area contributed by atoms with Crippen molar-refractivity contribution in [2.45, 2.75) is 46.1 Å². The highest BCUT2D eigenvalue weighted by Crippen LogP contribution is 2.23. The van der Waals surface area contributed by atoms with E-state index in [1.165, 1.54) is 24.0 Å². The minimum Gasteiger partial charge on any atom is -0.464 e. The summed E-state index contributed by atoms with van der Waals surface area (Å²) in [5.74, 6) is -0.485. The van der Waals surface area contributed by atoms with Crippen LogP contribution in [0.5, 0.6) is 0 Å². The number of rotatable bonds is 6. The standard InChI is InChI=1S/C20H26N2O3S/c1-6-11-22(12-17-21-16(13-26-17)19(24)25-5)18(23)14-7-9-15(10-8-14)20(2,3)4/h7-10,13H,6,11-12H2,1-5H3. The Morgan fingerprint density at radius 3 is 2.38 bits per heavy atom. The second kappa shape index (κ2) is 8.45. The molecule has 140 valence electrons. The highest BCUT2D eigenvalue weighted by atomic mass is 32.1. The highest BCUT2D eigenvalue weighted by Gasteiger charge is 2.20. The smallest absolute Gasteiger partial charge is 0.357 e. The lowest BCUT2D eigenvalue weighted by atomic mass is 9.86. The van der Waals surface area contributed by atoms with Crippen LogP contribution in [0.25, 0.3) is 0 Å². The normalized spacial score (nSPS) is 11.3. The molecule has 0 unspecified atom stereocenters. The van der Waals surface area contributed by atoms with Gasteiger partial charge in [0, 0.05) is 17.5 Å². The maximum absolute atomic E-state index is 12.9. The summed E-state index contributed by atoms with van der Waals surface area (Å²) >= 11 is 1.36. The van der Waals surface area contributed by atoms with Crippen molar-refractivity contribution in [1.82, 2.24) is 9.88 Å². The lowest BCUT2D eigenvalue weighted by Crippen LogP contribution is -2.31. The van der Waals surface area contributed by atoms with Crippen molar-refractivity contribution in [2.24, 2.45) is 0 Å². The first-order chi connectivity index (χ1) is 12.3. The van der Waals surface area contributed by atoms with E-state index >= 15 is 0 Å². The zero-order chi connectivity index (χ0) is 19.3. The van der Waals surface area contributed by atoms with Gasteiger partial charge in [0.15, 0.2) is 5.69 Å². The van der Waals surface area contributed by atoms with Gasteiger partial charge in [-0.3, -0.25) is 4.79 Å². The van der Waals surface area contributed by atoms with Crippen LogP contribution in [0.15, 0.2) is 29.6 Å². The Balaban J connectivity index is 2.16. The minimum absolute atomic E-state index is 0.0258. The van der Waals surface area contributed by atoms with Crippen molar-refractivity contribution in [3.05, 3.63) is 51.5 Å². The van der Waals surface area contributed by atoms with Crippen LogP contribution in [0.3, 0.4) is 0 Å². The fourth-order valence-corrected chi connectivity index (χ4v) is 3.34. The van der Waals surface area contributed by atoms with Crippen molar-refractivity contribution in [3.63, 3.8) is 0 Å². The lowest BCUT2D eigenvalue weighted by molar-refractivity contribution is 0.0594. The molecule has 0 radical (unpaired) electrons. The SMILES string of the molecule is CCCN(Cc1nc(C(=O)OC)cs1)C(=O)c1ccc(C(C)(C)C)cc1. The molecule has 0 aliphatic heterocycles. The van der Waals surface area contributed by atoms with Crippen molar-refractivity contribution >= 4 is 23.2 Å². The van der Waals surface area contributed by atoms with E-state index in [0.29, 0.717) is 18.7 Å². The van der Waals surface area contributed by atoms with Crippen LogP contribution in [-0.2, 0) is 16.7 Å². The van der Waals surface area contributed by atoms with Crippen molar-refractivity contribution in [1.29, 1.82) is 0 Å². The highest BCUT2D eigenvalue weighted by molar-refractivity contribution is 7.09. The van der Waals surface area contributed by atoms with Gasteiger partial charge in [0.25, 0.3) is 5.91 Å². The molecule has 2 rings (SSSR count). The summed E-state index contributed by atoms with van der Waals surface area (Å²) in [7, 11) is 1.33. The first-order valence-corrected chi connectivity index (χ1v) is 9.56. The molecule has 0 fully saturated rings. The number of aromatic nitrogens is 1. The monoisotopic (exact) mass is 374 g/mol. The molecule has 0 bridgehead atoms. The van der Waals surface area contributed by atoms with E-state index in [1.807, 2.05) is 31.2 Å². The zero-order valence-corrected chi connectivity index (χ0v) is 16.9. The second-order valence-corrected chi connectivity index (χ2v) is 8.11. The summed E-state index contributed by atoms with van der Waals surface area (Å²) < 4.78 is 4.68. The number of nitrogens with zero attached hydrogens (tertiary/aromatic N) is 2. The molecule has 6 heteroatoms. The molecule has 1 aromatic heterocycles. The molecular weight excluding hydrogens is 348 g/mol. The van der Waals surface area contributed by atoms with Gasteiger partial charge in [-0.25, -0.2) is 9.78 Å². The predicted octanol–water partition coefficient (Wildman–Crippen LogP) is 4.28. The summed E-state index contributed by atoms with van der Waals surface area (Å²) in [5, 5.41) is 2.38. The summed E-state index contributed by atoms with van der Waals surface area (Å²) in [6, 6.07) is 7.78. The van der Waals surface area contributed by atoms with Crippen molar-refractivity contribution in [3.8, 4) is 0 Å². The summed E-state index contributed by atoms with van der Waals surface area (Å²) in [4.78, 5) is 30.5. The molecule has 1 heterocycles. The van der Waals surface area contributed by atoms with Gasteiger partial charge in [-0.15, -0.1) is 11.3 Å². The number of benzene rings is 1. The molecule has 0 atom stereocenters. The molecule has 0 spiro atoms. The van der Waals surface area contributed by atoms with Gasteiger partial charge in [-0.2, -0.15) is 0 Å². The average Bonchev–Trinajstić information content (AvgIpc) is 3.08. The number of hydrogen-bond donors (Lipinski definition) is 0. The Kier molecular flexibility index (Phi) is 6.53. The third-order valence-electron chi connectivity index (χ3n) is 4.05. The molecular formula is C20H26N2O3S. The number of thiazole rings is 1. The second-order valence-electron chi connectivity index (χ2n) is 7.17. The quantitative estimate of drug-likeness (QED) is 0.708. The minimum atomic E-state index is -0.460. The van der Waals surface area contributed by atoms with Crippen LogP contribution in [0.2, 0.25) is 0 Å². The van der Waals surface area contributed by atoms with Crippen LogP contribution in [0.1, 0.15) is 65.5 Å². The predicted molar refractivity (Wildman–Crippen MR) is 104 cm³/mol. The van der Waals surface area contributed by atoms with Gasteiger partial charge < -0.3 is 9.64 Å². The van der Waals surface area contributed by atoms with Crippen molar-refractivity contribution in [2.75, 3.05) is 13.7 Å². The molecule has 0 aliphatic carbocycles. The summed E-state index contributed by atoms with van der Waals surface area (Å²) in [6.07, 6.45) is 0.848. The molecule has 5 nitrogen and oxygen atoms in total. The molecule has 0 saturated carbocycles. The number of methoxy groups -OCH3 is 1. The number of amides is 1. The van der Waals surface area contributed by atoms with E-state index in [2.05, 4.69) is 30.5 Å². The van der Waals surface area contributed by atoms with Crippen LogP contribution in [0, 0.1) is 0 Å². The molecule has 0 N–H and O–H groups in total. The third kappa shape index (κ3) is 4.91. The van der Waals surface area contributed by atoms with Crippen LogP contribution >= 0.6 is 11.3 Å². The fraction of sp³-hybridized carbons (Fsp3) is 0.450. The molecule has 0 aliphatic rings. The Bertz CT molecular complexity index is 760. The molecule has 0 saturated heterocycles. The number of carbonyl (C=O) groups is 2. The molecule has 26 heavy (non-hydrogen) atoms. The fourth-order valence-electron chi connectivity index (χ4n) is 2.56. The number of carbonyl (C=O) groups excluding carboxylic acids is 2. The van der Waals surface area contributed by atoms with E-state index in [4.69, 9.17) is 0 Å². The number of esters is 1. The maximum atomic E-state index is 12.9. The topological polar surface area (TPSA) is 59.5 Å². The van der Waals surface area contributed by atoms with Crippen LogP contribution < -0.4 is 0 Å². The lowest BCUT2D eigenvalue weighted by Gasteiger charge is -2.22. The van der Waals surface area contributed by atoms with Crippen LogP contribution in [0.4, 0.5) is 0 Å². The van der Waals surface area contributed by atoms with Crippen molar-refractivity contribution < 1.29 is 14.3 Å². The maximum Gasteiger partial charge on any atom is 0.357 e. The Hall–Kier alpha value is -2.21. The van der Waals surface area contributed by atoms with Gasteiger partial charge in [0.05, 0.1) is 13.7 Å². The van der Waals surface area contributed by atoms with Gasteiger partial charge in [-0.1, -0.05) is 39.8 Å².